The van der Waals surface area contributed by atoms with Crippen LogP contribution in [-0.4, -0.2) is 89.8 Å². The summed E-state index contributed by atoms with van der Waals surface area (Å²) in [5, 5.41) is 19.3. The van der Waals surface area contributed by atoms with E-state index in [1.807, 2.05) is 36.9 Å². The maximum absolute atomic E-state index is 13.2. The van der Waals surface area contributed by atoms with Crippen molar-refractivity contribution >= 4 is 63.1 Å². The van der Waals surface area contributed by atoms with Gasteiger partial charge in [-0.05, 0) is 31.1 Å². The van der Waals surface area contributed by atoms with Gasteiger partial charge in [-0.15, -0.1) is 11.8 Å². The number of aliphatic carboxylic acids is 1. The Balaban J connectivity index is 1.38. The number of oxime groups is 1. The average Bonchev–Trinajstić information content (AvgIpc) is 3.52. The quantitative estimate of drug-likeness (QED) is 0.0955. The Morgan fingerprint density at radius 2 is 2.17 bits per heavy atom. The van der Waals surface area contributed by atoms with Gasteiger partial charge in [0.25, 0.3) is 11.8 Å². The highest BCUT2D eigenvalue weighted by molar-refractivity contribution is 8.00. The van der Waals surface area contributed by atoms with E-state index in [0.29, 0.717) is 11.3 Å². The highest BCUT2D eigenvalue weighted by Crippen LogP contribution is 2.40. The second kappa shape index (κ2) is 11.8. The van der Waals surface area contributed by atoms with Gasteiger partial charge in [0, 0.05) is 42.9 Å². The summed E-state index contributed by atoms with van der Waals surface area (Å²) in [5.41, 5.74) is 7.56. The van der Waals surface area contributed by atoms with Crippen molar-refractivity contribution in [1.82, 2.24) is 34.4 Å². The molecule has 1 saturated heterocycles. The van der Waals surface area contributed by atoms with Gasteiger partial charge < -0.3 is 30.9 Å². The molecule has 15 nitrogen and oxygen atoms in total. The number of aryl methyl sites for hydroxylation is 1. The molecule has 2 unspecified atom stereocenters. The lowest BCUT2D eigenvalue weighted by Gasteiger charge is -2.49. The fourth-order valence-electron chi connectivity index (χ4n) is 4.75. The van der Waals surface area contributed by atoms with E-state index in [1.54, 1.807) is 6.92 Å². The third kappa shape index (κ3) is 5.34. The molecule has 5 heterocycles. The number of aromatic nitrogens is 5. The Morgan fingerprint density at radius 1 is 1.37 bits per heavy atom. The van der Waals surface area contributed by atoms with E-state index in [9.17, 15) is 19.5 Å². The normalized spacial score (nSPS) is 18.9. The van der Waals surface area contributed by atoms with Gasteiger partial charge in [-0.25, -0.2) is 9.36 Å². The number of rotatable bonds is 11. The number of hydrogen-bond acceptors (Lipinski definition) is 12. The summed E-state index contributed by atoms with van der Waals surface area (Å²) in [5.74, 6) is -1.32. The fraction of sp³-hybridized carbons (Fsp3) is 0.417. The minimum Gasteiger partial charge on any atom is -0.477 e. The monoisotopic (exact) mass is 601 g/mol. The first-order chi connectivity index (χ1) is 19.7. The summed E-state index contributed by atoms with van der Waals surface area (Å²) in [6, 6.07) is 2.91. The molecule has 3 aromatic rings. The van der Waals surface area contributed by atoms with Crippen molar-refractivity contribution in [3.63, 3.8) is 0 Å². The molecule has 0 saturated carbocycles. The number of nitrogen functional groups attached to an aromatic ring is 1. The third-order valence-electron chi connectivity index (χ3n) is 6.61. The molecule has 216 valence electrons. The van der Waals surface area contributed by atoms with Crippen molar-refractivity contribution < 1.29 is 28.9 Å². The number of pyridine rings is 1. The van der Waals surface area contributed by atoms with Gasteiger partial charge in [0.2, 0.25) is 17.4 Å². The minimum atomic E-state index is -1.22. The number of likely N-dealkylation sites (N-methyl/N-ethyl adjacent to an activating group) is 1. The zero-order chi connectivity index (χ0) is 29.3. The van der Waals surface area contributed by atoms with E-state index in [2.05, 4.69) is 29.7 Å². The molecule has 1 fully saturated rings. The molecular formula is C24H29N10O5S2+. The molecule has 2 aliphatic heterocycles. The number of carboxylic acids is 1. The van der Waals surface area contributed by atoms with Gasteiger partial charge in [0.15, 0.2) is 5.13 Å². The molecule has 0 aliphatic carbocycles. The highest BCUT2D eigenvalue weighted by Gasteiger charge is 2.54. The van der Waals surface area contributed by atoms with E-state index in [0.717, 1.165) is 41.6 Å². The Hall–Kier alpha value is -4.09. The maximum atomic E-state index is 13.2. The summed E-state index contributed by atoms with van der Waals surface area (Å²) in [4.78, 5) is 53.7. The summed E-state index contributed by atoms with van der Waals surface area (Å²) >= 11 is 2.26. The number of anilines is 1. The molecule has 0 bridgehead atoms. The Morgan fingerprint density at radius 3 is 2.85 bits per heavy atom. The van der Waals surface area contributed by atoms with Gasteiger partial charge in [0.05, 0.1) is 6.20 Å². The lowest BCUT2D eigenvalue weighted by atomic mass is 10.0. The summed E-state index contributed by atoms with van der Waals surface area (Å²) in [6.07, 6.45) is 1.85. The van der Waals surface area contributed by atoms with Crippen molar-refractivity contribution in [3.05, 3.63) is 41.2 Å². The number of carboxylic acid groups (broad SMARTS) is 1. The Kier molecular flexibility index (Phi) is 8.18. The number of nitrogens with one attached hydrogen (secondary N) is 2. The number of nitrogens with two attached hydrogens (primary N) is 1. The van der Waals surface area contributed by atoms with Crippen LogP contribution in [0, 0.1) is 6.92 Å². The van der Waals surface area contributed by atoms with Crippen molar-refractivity contribution in [2.45, 2.75) is 38.4 Å². The first kappa shape index (κ1) is 28.4. The third-order valence-corrected chi connectivity index (χ3v) is 8.49. The van der Waals surface area contributed by atoms with Crippen LogP contribution < -0.4 is 20.9 Å². The van der Waals surface area contributed by atoms with E-state index in [-0.39, 0.29) is 35.5 Å². The van der Waals surface area contributed by atoms with Crippen molar-refractivity contribution in [1.29, 1.82) is 0 Å². The molecule has 0 spiro atoms. The standard InChI is InChI=1S/C24H28N10O5S2/c1-4-39-30-15(18-29-24(25)41-31-18)20(35)28-16-21(36)34-17(23(37)38)13(11-40-22(16)34)10-32-8-5-6-14-19(32)27-12(2)33(14)9-7-26-3/h5-6,8,16,22,26H,4,7,9-11H2,1-3H3,(H3-,25,28,29,31,35,37,38)/p+1/b30-15-. The van der Waals surface area contributed by atoms with Crippen LogP contribution in [0.2, 0.25) is 0 Å². The predicted molar refractivity (Wildman–Crippen MR) is 151 cm³/mol. The first-order valence-corrected chi connectivity index (χ1v) is 14.6. The van der Waals surface area contributed by atoms with Gasteiger partial charge in [-0.3, -0.25) is 14.5 Å². The van der Waals surface area contributed by atoms with Crippen LogP contribution in [0.4, 0.5) is 5.13 Å². The number of thioether (sulfide) groups is 1. The van der Waals surface area contributed by atoms with Crippen molar-refractivity contribution in [2.75, 3.05) is 31.7 Å². The smallest absolute Gasteiger partial charge is 0.352 e. The number of amides is 2. The Bertz CT molecular complexity index is 1580. The van der Waals surface area contributed by atoms with Gasteiger partial charge in [-0.1, -0.05) is 5.16 Å². The maximum Gasteiger partial charge on any atom is 0.352 e. The molecule has 0 radical (unpaired) electrons. The van der Waals surface area contributed by atoms with E-state index in [4.69, 9.17) is 15.6 Å². The van der Waals surface area contributed by atoms with Crippen LogP contribution in [-0.2, 0) is 32.3 Å². The second-order valence-electron chi connectivity index (χ2n) is 9.19. The first-order valence-electron chi connectivity index (χ1n) is 12.7. The largest absolute Gasteiger partial charge is 0.477 e. The SMILES string of the molecule is CCO/N=C(\C(=O)NC1C(=O)N2C(C(=O)O)=C(C[n+]3cccc4c3nc(C)n4CCNC)CSC12)c1nsc(N)n1. The zero-order valence-corrected chi connectivity index (χ0v) is 24.2. The lowest BCUT2D eigenvalue weighted by Crippen LogP contribution is -2.71. The molecular weight excluding hydrogens is 572 g/mol. The van der Waals surface area contributed by atoms with E-state index < -0.39 is 29.2 Å². The topological polar surface area (TPSA) is 194 Å². The summed E-state index contributed by atoms with van der Waals surface area (Å²) < 4.78 is 8.00. The molecule has 5 rings (SSSR count). The number of carbonyl (C=O) groups is 3. The van der Waals surface area contributed by atoms with Gasteiger partial charge in [-0.2, -0.15) is 9.36 Å². The molecule has 17 heteroatoms. The van der Waals surface area contributed by atoms with Crippen LogP contribution in [0.5, 0.6) is 0 Å². The predicted octanol–water partition coefficient (Wildman–Crippen LogP) is -0.535. The zero-order valence-electron chi connectivity index (χ0n) is 22.5. The van der Waals surface area contributed by atoms with Crippen LogP contribution in [0.25, 0.3) is 11.2 Å². The van der Waals surface area contributed by atoms with Crippen LogP contribution >= 0.6 is 23.3 Å². The minimum absolute atomic E-state index is 0.0263. The lowest BCUT2D eigenvalue weighted by molar-refractivity contribution is -0.664. The number of imidazole rings is 1. The number of β-lactam (4-membered cyclic amide) rings is 1. The van der Waals surface area contributed by atoms with Crippen molar-refractivity contribution in [3.8, 4) is 0 Å². The molecule has 2 aliphatic rings. The van der Waals surface area contributed by atoms with Gasteiger partial charge >= 0.3 is 11.6 Å². The van der Waals surface area contributed by atoms with E-state index in [1.165, 1.54) is 16.7 Å². The molecule has 2 atom stereocenters. The number of fused-ring (bicyclic) bond motifs is 2. The second-order valence-corrected chi connectivity index (χ2v) is 11.1. The molecule has 0 aromatic carbocycles. The number of carbonyl (C=O) groups excluding carboxylic acids is 2. The molecule has 5 N–H and O–H groups in total. The highest BCUT2D eigenvalue weighted by atomic mass is 32.2. The average molecular weight is 602 g/mol. The van der Waals surface area contributed by atoms with Crippen LogP contribution in [0.3, 0.4) is 0 Å². The summed E-state index contributed by atoms with van der Waals surface area (Å²) in [6.45, 7) is 5.57. The van der Waals surface area contributed by atoms with Crippen LogP contribution in [0.15, 0.2) is 34.8 Å². The molecule has 41 heavy (non-hydrogen) atoms. The molecule has 2 amide bonds. The number of nitrogens with zero attached hydrogens (tertiary/aromatic N) is 7. The van der Waals surface area contributed by atoms with Crippen molar-refractivity contribution in [2.24, 2.45) is 5.16 Å². The molecule has 3 aromatic heterocycles. The van der Waals surface area contributed by atoms with Crippen LogP contribution in [0.1, 0.15) is 18.6 Å². The fourth-order valence-corrected chi connectivity index (χ4v) is 6.52. The van der Waals surface area contributed by atoms with E-state index >= 15 is 0 Å². The summed E-state index contributed by atoms with van der Waals surface area (Å²) in [7, 11) is 1.89. The number of hydrogen-bond donors (Lipinski definition) is 4. The van der Waals surface area contributed by atoms with Gasteiger partial charge in [0.1, 0.15) is 35.8 Å². The Labute approximate surface area is 242 Å².